The highest BCUT2D eigenvalue weighted by Gasteiger charge is 2.22. The first-order valence-electron chi connectivity index (χ1n) is 8.49. The molecule has 0 aliphatic carbocycles. The fraction of sp³-hybridized carbons (Fsp3) is 0.312. The molecule has 1 amide bonds. The zero-order valence-corrected chi connectivity index (χ0v) is 14.7. The molecule has 1 saturated heterocycles. The molecule has 1 aliphatic rings. The SMILES string of the molecule is CNNc1nc(N2CCOCC2)c2[nH]c(C(=O)Nc3ccncc3)nc2n1. The lowest BCUT2D eigenvalue weighted by Crippen LogP contribution is -2.37. The number of anilines is 3. The second-order valence-corrected chi connectivity index (χ2v) is 5.82. The Balaban J connectivity index is 1.70. The number of fused-ring (bicyclic) bond motifs is 1. The first-order chi connectivity index (χ1) is 13.2. The van der Waals surface area contributed by atoms with E-state index in [0.29, 0.717) is 54.9 Å². The van der Waals surface area contributed by atoms with Crippen molar-refractivity contribution in [1.82, 2.24) is 30.3 Å². The number of carbonyl (C=O) groups excluding carboxylic acids is 1. The van der Waals surface area contributed by atoms with Crippen molar-refractivity contribution in [3.63, 3.8) is 0 Å². The van der Waals surface area contributed by atoms with Gasteiger partial charge in [0, 0.05) is 38.2 Å². The fourth-order valence-electron chi connectivity index (χ4n) is 2.79. The standard InChI is InChI=1S/C16H19N9O2/c1-17-24-16-22-12-11(14(23-16)25-6-8-27-9-7-25)20-13(21-12)15(26)19-10-2-4-18-5-3-10/h2-5,17H,6-9H2,1H3,(H,18,19,26)(H2,20,21,22,23,24). The van der Waals surface area contributed by atoms with Crippen LogP contribution in [0.1, 0.15) is 10.6 Å². The molecular weight excluding hydrogens is 350 g/mol. The highest BCUT2D eigenvalue weighted by atomic mass is 16.5. The molecule has 0 radical (unpaired) electrons. The number of hydrazine groups is 1. The summed E-state index contributed by atoms with van der Waals surface area (Å²) < 4.78 is 5.41. The molecule has 4 heterocycles. The van der Waals surface area contributed by atoms with Crippen molar-refractivity contribution in [3.05, 3.63) is 30.4 Å². The van der Waals surface area contributed by atoms with Gasteiger partial charge in [0.15, 0.2) is 17.3 Å². The fourth-order valence-corrected chi connectivity index (χ4v) is 2.79. The van der Waals surface area contributed by atoms with Crippen LogP contribution in [-0.2, 0) is 4.74 Å². The van der Waals surface area contributed by atoms with Gasteiger partial charge < -0.3 is 19.9 Å². The molecule has 0 spiro atoms. The molecule has 4 N–H and O–H groups in total. The third-order valence-corrected chi connectivity index (χ3v) is 4.03. The van der Waals surface area contributed by atoms with Crippen LogP contribution in [0.25, 0.3) is 11.2 Å². The second-order valence-electron chi connectivity index (χ2n) is 5.82. The molecule has 0 saturated carbocycles. The lowest BCUT2D eigenvalue weighted by atomic mass is 10.3. The van der Waals surface area contributed by atoms with Gasteiger partial charge in [-0.25, -0.2) is 10.4 Å². The van der Waals surface area contributed by atoms with E-state index in [1.165, 1.54) is 0 Å². The molecule has 0 bridgehead atoms. The summed E-state index contributed by atoms with van der Waals surface area (Å²) in [6, 6.07) is 3.41. The summed E-state index contributed by atoms with van der Waals surface area (Å²) >= 11 is 0. The zero-order valence-electron chi connectivity index (χ0n) is 14.7. The average molecular weight is 369 g/mol. The van der Waals surface area contributed by atoms with E-state index in [-0.39, 0.29) is 11.7 Å². The molecule has 0 unspecified atom stereocenters. The number of amides is 1. The monoisotopic (exact) mass is 369 g/mol. The van der Waals surface area contributed by atoms with Gasteiger partial charge in [-0.15, -0.1) is 0 Å². The van der Waals surface area contributed by atoms with Gasteiger partial charge in [-0.3, -0.25) is 15.2 Å². The molecule has 0 aromatic carbocycles. The Kier molecular flexibility index (Phi) is 4.77. The highest BCUT2D eigenvalue weighted by molar-refractivity contribution is 6.04. The number of hydrogen-bond donors (Lipinski definition) is 4. The van der Waals surface area contributed by atoms with E-state index in [0.717, 1.165) is 0 Å². The van der Waals surface area contributed by atoms with Gasteiger partial charge in [-0.1, -0.05) is 0 Å². The molecule has 27 heavy (non-hydrogen) atoms. The number of morpholine rings is 1. The first kappa shape index (κ1) is 17.1. The number of rotatable bonds is 5. The Labute approximate surface area is 154 Å². The van der Waals surface area contributed by atoms with Crippen LogP contribution in [0, 0.1) is 0 Å². The Morgan fingerprint density at radius 1 is 1.19 bits per heavy atom. The maximum absolute atomic E-state index is 12.5. The molecule has 0 atom stereocenters. The van der Waals surface area contributed by atoms with Crippen LogP contribution in [0.2, 0.25) is 0 Å². The third-order valence-electron chi connectivity index (χ3n) is 4.03. The van der Waals surface area contributed by atoms with Gasteiger partial charge in [0.05, 0.1) is 13.2 Å². The molecule has 3 aromatic rings. The van der Waals surface area contributed by atoms with Crippen LogP contribution in [0.3, 0.4) is 0 Å². The summed E-state index contributed by atoms with van der Waals surface area (Å²) in [5.74, 6) is 0.845. The minimum atomic E-state index is -0.366. The van der Waals surface area contributed by atoms with Gasteiger partial charge >= 0.3 is 0 Å². The van der Waals surface area contributed by atoms with Crippen molar-refractivity contribution in [2.75, 3.05) is 49.0 Å². The normalized spacial score (nSPS) is 14.3. The van der Waals surface area contributed by atoms with Crippen molar-refractivity contribution in [3.8, 4) is 0 Å². The van der Waals surface area contributed by atoms with Gasteiger partial charge in [-0.05, 0) is 12.1 Å². The molecule has 1 fully saturated rings. The zero-order chi connectivity index (χ0) is 18.6. The Morgan fingerprint density at radius 2 is 1.96 bits per heavy atom. The van der Waals surface area contributed by atoms with E-state index in [1.54, 1.807) is 31.6 Å². The minimum absolute atomic E-state index is 0.159. The summed E-state index contributed by atoms with van der Waals surface area (Å²) in [5.41, 5.74) is 7.31. The number of imidazole rings is 1. The van der Waals surface area contributed by atoms with E-state index in [9.17, 15) is 4.79 Å². The molecule has 1 aliphatic heterocycles. The number of nitrogens with zero attached hydrogens (tertiary/aromatic N) is 5. The number of aromatic nitrogens is 5. The Bertz CT molecular complexity index is 938. The summed E-state index contributed by atoms with van der Waals surface area (Å²) in [6.45, 7) is 2.62. The van der Waals surface area contributed by atoms with Crippen molar-refractivity contribution in [2.24, 2.45) is 0 Å². The minimum Gasteiger partial charge on any atom is -0.378 e. The van der Waals surface area contributed by atoms with Crippen LogP contribution in [0.4, 0.5) is 17.5 Å². The van der Waals surface area contributed by atoms with Crippen LogP contribution in [0.5, 0.6) is 0 Å². The van der Waals surface area contributed by atoms with Crippen LogP contribution in [0.15, 0.2) is 24.5 Å². The number of nitrogens with one attached hydrogen (secondary N) is 4. The quantitative estimate of drug-likeness (QED) is 0.471. The summed E-state index contributed by atoms with van der Waals surface area (Å²) in [6.07, 6.45) is 3.21. The third kappa shape index (κ3) is 3.64. The van der Waals surface area contributed by atoms with E-state index in [4.69, 9.17) is 4.74 Å². The van der Waals surface area contributed by atoms with Crippen molar-refractivity contribution in [1.29, 1.82) is 0 Å². The molecule has 11 nitrogen and oxygen atoms in total. The Hall–Kier alpha value is -3.31. The number of aromatic amines is 1. The maximum Gasteiger partial charge on any atom is 0.291 e. The first-order valence-corrected chi connectivity index (χ1v) is 8.49. The number of hydrogen-bond acceptors (Lipinski definition) is 9. The lowest BCUT2D eigenvalue weighted by Gasteiger charge is -2.28. The van der Waals surface area contributed by atoms with Gasteiger partial charge in [-0.2, -0.15) is 9.97 Å². The molecule has 11 heteroatoms. The van der Waals surface area contributed by atoms with E-state index in [1.807, 2.05) is 0 Å². The van der Waals surface area contributed by atoms with Crippen molar-refractivity contribution in [2.45, 2.75) is 0 Å². The number of carbonyl (C=O) groups is 1. The Morgan fingerprint density at radius 3 is 2.70 bits per heavy atom. The summed E-state index contributed by atoms with van der Waals surface area (Å²) in [5, 5.41) is 2.78. The summed E-state index contributed by atoms with van der Waals surface area (Å²) in [7, 11) is 1.72. The van der Waals surface area contributed by atoms with Crippen LogP contribution in [-0.4, -0.2) is 64.2 Å². The van der Waals surface area contributed by atoms with Gasteiger partial charge in [0.1, 0.15) is 5.52 Å². The number of ether oxygens (including phenoxy) is 1. The highest BCUT2D eigenvalue weighted by Crippen LogP contribution is 2.24. The second kappa shape index (κ2) is 7.51. The molecular formula is C16H19N9O2. The maximum atomic E-state index is 12.5. The topological polar surface area (TPSA) is 133 Å². The van der Waals surface area contributed by atoms with E-state index in [2.05, 4.69) is 46.0 Å². The van der Waals surface area contributed by atoms with E-state index < -0.39 is 0 Å². The average Bonchev–Trinajstić information content (AvgIpc) is 3.13. The van der Waals surface area contributed by atoms with Gasteiger partial charge in [0.2, 0.25) is 5.95 Å². The predicted octanol–water partition coefficient (Wildman–Crippen LogP) is 0.383. The van der Waals surface area contributed by atoms with Crippen LogP contribution < -0.4 is 21.1 Å². The van der Waals surface area contributed by atoms with Crippen molar-refractivity contribution < 1.29 is 9.53 Å². The smallest absolute Gasteiger partial charge is 0.291 e. The van der Waals surface area contributed by atoms with E-state index >= 15 is 0 Å². The van der Waals surface area contributed by atoms with Crippen LogP contribution >= 0.6 is 0 Å². The lowest BCUT2D eigenvalue weighted by molar-refractivity contribution is 0.101. The summed E-state index contributed by atoms with van der Waals surface area (Å²) in [4.78, 5) is 34.9. The molecule has 3 aromatic heterocycles. The number of pyridine rings is 1. The predicted molar refractivity (Wildman–Crippen MR) is 99.6 cm³/mol. The largest absolute Gasteiger partial charge is 0.378 e. The number of H-pyrrole nitrogens is 1. The van der Waals surface area contributed by atoms with Crippen molar-refractivity contribution >= 4 is 34.5 Å². The molecule has 140 valence electrons. The van der Waals surface area contributed by atoms with Gasteiger partial charge in [0.25, 0.3) is 5.91 Å². The molecule has 4 rings (SSSR count).